The molecule has 0 aliphatic carbocycles. The van der Waals surface area contributed by atoms with Crippen LogP contribution in [0.1, 0.15) is 29.8 Å². The molecule has 0 fully saturated rings. The van der Waals surface area contributed by atoms with Gasteiger partial charge >= 0.3 is 0 Å². The van der Waals surface area contributed by atoms with E-state index in [1.54, 1.807) is 18.7 Å². The number of fused-ring (bicyclic) bond motifs is 1. The Labute approximate surface area is 184 Å². The van der Waals surface area contributed by atoms with Crippen LogP contribution in [-0.2, 0) is 4.79 Å². The molecule has 3 heterocycles. The summed E-state index contributed by atoms with van der Waals surface area (Å²) < 4.78 is 0. The molecule has 0 bridgehead atoms. The number of benzene rings is 1. The number of Topliss-reactive ketones (excluding diaryl/α,β-unsaturated/α-hetero) is 1. The maximum absolute atomic E-state index is 12.7. The summed E-state index contributed by atoms with van der Waals surface area (Å²) in [5.41, 5.74) is 3.57. The topological polar surface area (TPSA) is 61.8 Å². The second-order valence-electron chi connectivity index (χ2n) is 7.53. The monoisotopic (exact) mass is 437 g/mol. The zero-order valence-electron chi connectivity index (χ0n) is 17.1. The van der Waals surface area contributed by atoms with Crippen LogP contribution in [0.25, 0.3) is 11.1 Å². The SMILES string of the molecule is CC(=O)c1c(-c2ccc(C)cc2)csc1NC(=O)CSC1(C)CN=C2C=CC=CN21. The van der Waals surface area contributed by atoms with Crippen molar-refractivity contribution >= 4 is 45.6 Å². The summed E-state index contributed by atoms with van der Waals surface area (Å²) in [6, 6.07) is 8.05. The highest BCUT2D eigenvalue weighted by Crippen LogP contribution is 2.38. The van der Waals surface area contributed by atoms with Crippen molar-refractivity contribution in [3.05, 3.63) is 65.2 Å². The number of amidine groups is 1. The number of anilines is 1. The minimum Gasteiger partial charge on any atom is -0.317 e. The van der Waals surface area contributed by atoms with E-state index in [0.717, 1.165) is 22.5 Å². The number of hydrogen-bond donors (Lipinski definition) is 1. The van der Waals surface area contributed by atoms with Crippen LogP contribution in [0, 0.1) is 6.92 Å². The maximum Gasteiger partial charge on any atom is 0.235 e. The van der Waals surface area contributed by atoms with E-state index in [9.17, 15) is 9.59 Å². The molecule has 2 aromatic rings. The van der Waals surface area contributed by atoms with Gasteiger partial charge in [-0.3, -0.25) is 14.6 Å². The van der Waals surface area contributed by atoms with Crippen molar-refractivity contribution in [1.82, 2.24) is 4.90 Å². The fourth-order valence-electron chi connectivity index (χ4n) is 3.51. The van der Waals surface area contributed by atoms with E-state index >= 15 is 0 Å². The van der Waals surface area contributed by atoms with Gasteiger partial charge in [0.1, 0.15) is 15.7 Å². The number of amides is 1. The normalized spacial score (nSPS) is 19.6. The van der Waals surface area contributed by atoms with Gasteiger partial charge in [-0.1, -0.05) is 35.9 Å². The van der Waals surface area contributed by atoms with E-state index < -0.39 is 0 Å². The van der Waals surface area contributed by atoms with Crippen molar-refractivity contribution in [3.8, 4) is 11.1 Å². The molecule has 7 heteroatoms. The molecule has 30 heavy (non-hydrogen) atoms. The van der Waals surface area contributed by atoms with Gasteiger partial charge in [-0.2, -0.15) is 0 Å². The molecule has 0 spiro atoms. The van der Waals surface area contributed by atoms with Crippen LogP contribution in [0.4, 0.5) is 5.00 Å². The fourth-order valence-corrected chi connectivity index (χ4v) is 5.51. The molecule has 0 radical (unpaired) electrons. The summed E-state index contributed by atoms with van der Waals surface area (Å²) in [7, 11) is 0. The van der Waals surface area contributed by atoms with E-state index in [2.05, 4.69) is 22.1 Å². The average molecular weight is 438 g/mol. The summed E-state index contributed by atoms with van der Waals surface area (Å²) in [5.74, 6) is 1.03. The van der Waals surface area contributed by atoms with Gasteiger partial charge in [0.2, 0.25) is 5.91 Å². The minimum atomic E-state index is -0.292. The Balaban J connectivity index is 1.46. The van der Waals surface area contributed by atoms with Crippen LogP contribution >= 0.6 is 23.1 Å². The molecule has 1 amide bonds. The number of thiophene rings is 1. The van der Waals surface area contributed by atoms with Crippen LogP contribution in [0.15, 0.2) is 59.1 Å². The molecule has 1 N–H and O–H groups in total. The lowest BCUT2D eigenvalue weighted by molar-refractivity contribution is -0.113. The summed E-state index contributed by atoms with van der Waals surface area (Å²) in [6.45, 7) is 6.29. The van der Waals surface area contributed by atoms with Crippen LogP contribution in [0.3, 0.4) is 0 Å². The van der Waals surface area contributed by atoms with Crippen molar-refractivity contribution < 1.29 is 9.59 Å². The Kier molecular flexibility index (Phi) is 5.66. The molecule has 154 valence electrons. The number of nitrogens with one attached hydrogen (secondary N) is 1. The lowest BCUT2D eigenvalue weighted by atomic mass is 10.0. The third-order valence-electron chi connectivity index (χ3n) is 5.16. The first-order valence-corrected chi connectivity index (χ1v) is 11.6. The summed E-state index contributed by atoms with van der Waals surface area (Å²) >= 11 is 2.94. The van der Waals surface area contributed by atoms with Gasteiger partial charge in [0, 0.05) is 17.1 Å². The van der Waals surface area contributed by atoms with E-state index in [1.165, 1.54) is 11.3 Å². The van der Waals surface area contributed by atoms with E-state index in [4.69, 9.17) is 0 Å². The van der Waals surface area contributed by atoms with Gasteiger partial charge in [0.15, 0.2) is 5.78 Å². The number of aliphatic imine (C=N–C) groups is 1. The lowest BCUT2D eigenvalue weighted by Crippen LogP contribution is -2.41. The summed E-state index contributed by atoms with van der Waals surface area (Å²) in [4.78, 5) is 31.4. The zero-order chi connectivity index (χ0) is 21.3. The van der Waals surface area contributed by atoms with Crippen LogP contribution < -0.4 is 5.32 Å². The average Bonchev–Trinajstić information content (AvgIpc) is 3.29. The molecule has 0 saturated carbocycles. The first-order chi connectivity index (χ1) is 14.4. The fraction of sp³-hybridized carbons (Fsp3) is 0.261. The van der Waals surface area contributed by atoms with Gasteiger partial charge in [0.25, 0.3) is 0 Å². The molecule has 1 aromatic heterocycles. The molecule has 1 unspecified atom stereocenters. The highest BCUT2D eigenvalue weighted by atomic mass is 32.2. The van der Waals surface area contributed by atoms with Gasteiger partial charge < -0.3 is 10.2 Å². The Hall–Kier alpha value is -2.64. The summed E-state index contributed by atoms with van der Waals surface area (Å²) in [5, 5.41) is 5.50. The Morgan fingerprint density at radius 2 is 2.03 bits per heavy atom. The second kappa shape index (κ2) is 8.24. The van der Waals surface area contributed by atoms with Crippen molar-refractivity contribution in [3.63, 3.8) is 0 Å². The number of carbonyl (C=O) groups is 2. The van der Waals surface area contributed by atoms with E-state index in [0.29, 0.717) is 17.1 Å². The van der Waals surface area contributed by atoms with Gasteiger partial charge in [-0.05, 0) is 38.5 Å². The smallest absolute Gasteiger partial charge is 0.235 e. The molecule has 5 nitrogen and oxygen atoms in total. The van der Waals surface area contributed by atoms with Crippen LogP contribution in [0.2, 0.25) is 0 Å². The van der Waals surface area contributed by atoms with E-state index in [1.807, 2.05) is 61.0 Å². The Morgan fingerprint density at radius 3 is 2.77 bits per heavy atom. The first kappa shape index (κ1) is 20.6. The second-order valence-corrected chi connectivity index (χ2v) is 9.87. The molecule has 2 aliphatic heterocycles. The van der Waals surface area contributed by atoms with Crippen LogP contribution in [-0.4, -0.2) is 39.6 Å². The summed E-state index contributed by atoms with van der Waals surface area (Å²) in [6.07, 6.45) is 7.91. The number of carbonyl (C=O) groups excluding carboxylic acids is 2. The van der Waals surface area contributed by atoms with Crippen molar-refractivity contribution in [2.24, 2.45) is 4.99 Å². The van der Waals surface area contributed by atoms with E-state index in [-0.39, 0.29) is 22.3 Å². The molecule has 1 aromatic carbocycles. The molecular weight excluding hydrogens is 414 g/mol. The van der Waals surface area contributed by atoms with Crippen LogP contribution in [0.5, 0.6) is 0 Å². The highest BCUT2D eigenvalue weighted by Gasteiger charge is 2.38. The molecular formula is C23H23N3O2S2. The zero-order valence-corrected chi connectivity index (χ0v) is 18.8. The molecule has 1 atom stereocenters. The Morgan fingerprint density at radius 1 is 1.27 bits per heavy atom. The predicted octanol–water partition coefficient (Wildman–Crippen LogP) is 5.11. The number of aryl methyl sites for hydroxylation is 1. The van der Waals surface area contributed by atoms with Crippen molar-refractivity contribution in [2.45, 2.75) is 25.6 Å². The predicted molar refractivity (Wildman–Crippen MR) is 126 cm³/mol. The molecule has 2 aliphatic rings. The lowest BCUT2D eigenvalue weighted by Gasteiger charge is -2.34. The number of rotatable bonds is 6. The number of nitrogens with zero attached hydrogens (tertiary/aromatic N) is 2. The number of ketones is 1. The molecule has 0 saturated heterocycles. The standard InChI is InChI=1S/C23H23N3O2S2/c1-15-7-9-17(10-8-15)18-12-29-22(21(18)16(2)27)25-20(28)13-30-23(3)14-24-19-6-4-5-11-26(19)23/h4-12H,13-14H2,1-3H3,(H,25,28). The number of hydrogen-bond acceptors (Lipinski definition) is 6. The number of allylic oxidation sites excluding steroid dienone is 2. The minimum absolute atomic E-state index is 0.0548. The highest BCUT2D eigenvalue weighted by molar-refractivity contribution is 8.01. The Bertz CT molecular complexity index is 1080. The van der Waals surface area contributed by atoms with Gasteiger partial charge in [-0.15, -0.1) is 23.1 Å². The van der Waals surface area contributed by atoms with Crippen molar-refractivity contribution in [1.29, 1.82) is 0 Å². The third kappa shape index (κ3) is 4.00. The van der Waals surface area contributed by atoms with Crippen molar-refractivity contribution in [2.75, 3.05) is 17.6 Å². The number of thioether (sulfide) groups is 1. The van der Waals surface area contributed by atoms with Gasteiger partial charge in [-0.25, -0.2) is 0 Å². The quantitative estimate of drug-likeness (QED) is 0.638. The first-order valence-electron chi connectivity index (χ1n) is 9.69. The third-order valence-corrected chi connectivity index (χ3v) is 7.40. The maximum atomic E-state index is 12.7. The molecule has 4 rings (SSSR count). The van der Waals surface area contributed by atoms with Gasteiger partial charge in [0.05, 0.1) is 17.9 Å². The largest absolute Gasteiger partial charge is 0.317 e.